The van der Waals surface area contributed by atoms with Crippen molar-refractivity contribution in [2.45, 2.75) is 26.3 Å². The topological polar surface area (TPSA) is 58.6 Å². The quantitative estimate of drug-likeness (QED) is 0.793. The number of benzene rings is 1. The Morgan fingerprint density at radius 1 is 1.29 bits per heavy atom. The van der Waals surface area contributed by atoms with Gasteiger partial charge in [-0.2, -0.15) is 0 Å². The van der Waals surface area contributed by atoms with Crippen LogP contribution in [-0.4, -0.2) is 49.6 Å². The molecule has 0 bridgehead atoms. The second kappa shape index (κ2) is 9.13. The molecule has 0 saturated carbocycles. The summed E-state index contributed by atoms with van der Waals surface area (Å²) >= 11 is 0. The van der Waals surface area contributed by atoms with Gasteiger partial charge in [-0.05, 0) is 26.0 Å². The third-order valence-electron chi connectivity index (χ3n) is 3.26. The minimum absolute atomic E-state index is 0.0235. The van der Waals surface area contributed by atoms with Gasteiger partial charge in [0.05, 0.1) is 12.6 Å². The maximum absolute atomic E-state index is 12.1. The van der Waals surface area contributed by atoms with Crippen LogP contribution in [0.4, 0.5) is 0 Å². The number of hydrogen-bond acceptors (Lipinski definition) is 3. The fraction of sp³-hybridized carbons (Fsp3) is 0.500. The van der Waals surface area contributed by atoms with E-state index in [4.69, 9.17) is 4.74 Å². The lowest BCUT2D eigenvalue weighted by Crippen LogP contribution is -2.42. The minimum Gasteiger partial charge on any atom is -0.383 e. The van der Waals surface area contributed by atoms with Crippen LogP contribution in [0.5, 0.6) is 0 Å². The van der Waals surface area contributed by atoms with Crippen molar-refractivity contribution in [3.63, 3.8) is 0 Å². The van der Waals surface area contributed by atoms with E-state index < -0.39 is 0 Å². The van der Waals surface area contributed by atoms with Gasteiger partial charge in [0.2, 0.25) is 5.91 Å². The number of carbonyl (C=O) groups excluding carboxylic acids is 2. The zero-order chi connectivity index (χ0) is 15.7. The summed E-state index contributed by atoms with van der Waals surface area (Å²) in [4.78, 5) is 25.7. The van der Waals surface area contributed by atoms with Crippen molar-refractivity contribution in [2.24, 2.45) is 0 Å². The maximum Gasteiger partial charge on any atom is 0.251 e. The van der Waals surface area contributed by atoms with Crippen molar-refractivity contribution < 1.29 is 14.3 Å². The predicted molar refractivity (Wildman–Crippen MR) is 82.1 cm³/mol. The average molecular weight is 292 g/mol. The molecule has 0 aliphatic carbocycles. The molecule has 0 aliphatic heterocycles. The number of carbonyl (C=O) groups is 2. The van der Waals surface area contributed by atoms with Crippen LogP contribution in [-0.2, 0) is 9.53 Å². The Bertz CT molecular complexity index is 448. The van der Waals surface area contributed by atoms with E-state index in [1.807, 2.05) is 32.0 Å². The molecular formula is C16H24N2O3. The minimum atomic E-state index is -0.156. The monoisotopic (exact) mass is 292 g/mol. The molecule has 0 heterocycles. The summed E-state index contributed by atoms with van der Waals surface area (Å²) in [5, 5.41) is 2.76. The molecule has 1 aromatic carbocycles. The van der Waals surface area contributed by atoms with Crippen LogP contribution in [0.3, 0.4) is 0 Å². The number of nitrogens with zero attached hydrogens (tertiary/aromatic N) is 1. The molecule has 116 valence electrons. The number of hydrogen-bond donors (Lipinski definition) is 1. The first kappa shape index (κ1) is 17.2. The van der Waals surface area contributed by atoms with Gasteiger partial charge < -0.3 is 15.0 Å². The largest absolute Gasteiger partial charge is 0.383 e. The highest BCUT2D eigenvalue weighted by Crippen LogP contribution is 2.03. The van der Waals surface area contributed by atoms with Gasteiger partial charge in [0.15, 0.2) is 0 Å². The lowest BCUT2D eigenvalue weighted by Gasteiger charge is -2.27. The molecule has 0 radical (unpaired) electrons. The van der Waals surface area contributed by atoms with Crippen LogP contribution >= 0.6 is 0 Å². The van der Waals surface area contributed by atoms with Gasteiger partial charge >= 0.3 is 0 Å². The highest BCUT2D eigenvalue weighted by molar-refractivity contribution is 5.94. The number of nitrogens with one attached hydrogen (secondary N) is 1. The molecule has 0 unspecified atom stereocenters. The van der Waals surface area contributed by atoms with E-state index in [0.29, 0.717) is 31.7 Å². The molecule has 0 aliphatic rings. The number of methoxy groups -OCH3 is 1. The van der Waals surface area contributed by atoms with Crippen LogP contribution in [0.25, 0.3) is 0 Å². The molecule has 1 rings (SSSR count). The van der Waals surface area contributed by atoms with Crippen molar-refractivity contribution in [3.05, 3.63) is 35.9 Å². The lowest BCUT2D eigenvalue weighted by atomic mass is 10.2. The van der Waals surface area contributed by atoms with Gasteiger partial charge in [0.1, 0.15) is 0 Å². The van der Waals surface area contributed by atoms with Crippen LogP contribution in [0.15, 0.2) is 30.3 Å². The molecule has 1 N–H and O–H groups in total. The molecule has 21 heavy (non-hydrogen) atoms. The summed E-state index contributed by atoms with van der Waals surface area (Å²) in [6.45, 7) is 5.37. The first-order valence-corrected chi connectivity index (χ1v) is 7.21. The molecule has 0 fully saturated rings. The SMILES string of the molecule is CCN(C(=O)CCNC(=O)c1ccccc1)[C@@H](C)COC. The van der Waals surface area contributed by atoms with Gasteiger partial charge in [0, 0.05) is 32.2 Å². The summed E-state index contributed by atoms with van der Waals surface area (Å²) in [6.07, 6.45) is 0.292. The normalized spacial score (nSPS) is 11.8. The van der Waals surface area contributed by atoms with E-state index in [9.17, 15) is 9.59 Å². The summed E-state index contributed by atoms with van der Waals surface area (Å²) in [7, 11) is 1.62. The van der Waals surface area contributed by atoms with Crippen molar-refractivity contribution in [1.82, 2.24) is 10.2 Å². The smallest absolute Gasteiger partial charge is 0.251 e. The Kier molecular flexibility index (Phi) is 7.46. The molecule has 0 aromatic heterocycles. The number of ether oxygens (including phenoxy) is 1. The van der Waals surface area contributed by atoms with E-state index in [1.165, 1.54) is 0 Å². The summed E-state index contributed by atoms with van der Waals surface area (Å²) in [5.74, 6) is -0.133. The van der Waals surface area contributed by atoms with Crippen molar-refractivity contribution in [1.29, 1.82) is 0 Å². The Balaban J connectivity index is 2.40. The van der Waals surface area contributed by atoms with Crippen LogP contribution in [0.2, 0.25) is 0 Å². The van der Waals surface area contributed by atoms with Crippen molar-refractivity contribution >= 4 is 11.8 Å². The van der Waals surface area contributed by atoms with Crippen LogP contribution in [0, 0.1) is 0 Å². The van der Waals surface area contributed by atoms with Crippen molar-refractivity contribution in [2.75, 3.05) is 26.8 Å². The Hall–Kier alpha value is -1.88. The first-order valence-electron chi connectivity index (χ1n) is 7.21. The Morgan fingerprint density at radius 2 is 1.95 bits per heavy atom. The van der Waals surface area contributed by atoms with E-state index in [0.717, 1.165) is 0 Å². The van der Waals surface area contributed by atoms with Crippen LogP contribution in [0.1, 0.15) is 30.6 Å². The third-order valence-corrected chi connectivity index (χ3v) is 3.26. The molecule has 1 atom stereocenters. The molecular weight excluding hydrogens is 268 g/mol. The molecule has 0 spiro atoms. The first-order chi connectivity index (χ1) is 10.1. The second-order valence-electron chi connectivity index (χ2n) is 4.86. The van der Waals surface area contributed by atoms with Gasteiger partial charge in [0.25, 0.3) is 5.91 Å². The third kappa shape index (κ3) is 5.55. The van der Waals surface area contributed by atoms with E-state index in [-0.39, 0.29) is 17.9 Å². The highest BCUT2D eigenvalue weighted by Gasteiger charge is 2.18. The van der Waals surface area contributed by atoms with Crippen molar-refractivity contribution in [3.8, 4) is 0 Å². The fourth-order valence-electron chi connectivity index (χ4n) is 2.18. The zero-order valence-corrected chi connectivity index (χ0v) is 13.0. The lowest BCUT2D eigenvalue weighted by molar-refractivity contribution is -0.133. The summed E-state index contributed by atoms with van der Waals surface area (Å²) < 4.78 is 5.07. The van der Waals surface area contributed by atoms with E-state index in [2.05, 4.69) is 5.32 Å². The van der Waals surface area contributed by atoms with Gasteiger partial charge in [-0.3, -0.25) is 9.59 Å². The Labute approximate surface area is 126 Å². The standard InChI is InChI=1S/C16H24N2O3/c1-4-18(13(2)12-21-3)15(19)10-11-17-16(20)14-8-6-5-7-9-14/h5-9,13H,4,10-12H2,1-3H3,(H,17,20)/t13-/m0/s1. The highest BCUT2D eigenvalue weighted by atomic mass is 16.5. The molecule has 1 aromatic rings. The number of amides is 2. The number of rotatable bonds is 8. The van der Waals surface area contributed by atoms with Gasteiger partial charge in [-0.1, -0.05) is 18.2 Å². The molecule has 5 nitrogen and oxygen atoms in total. The van der Waals surface area contributed by atoms with Crippen LogP contribution < -0.4 is 5.32 Å². The average Bonchev–Trinajstić information content (AvgIpc) is 2.49. The molecule has 2 amide bonds. The summed E-state index contributed by atoms with van der Waals surface area (Å²) in [6, 6.07) is 9.01. The van der Waals surface area contributed by atoms with Gasteiger partial charge in [-0.25, -0.2) is 0 Å². The maximum atomic E-state index is 12.1. The predicted octanol–water partition coefficient (Wildman–Crippen LogP) is 1.69. The fourth-order valence-corrected chi connectivity index (χ4v) is 2.18. The van der Waals surface area contributed by atoms with Gasteiger partial charge in [-0.15, -0.1) is 0 Å². The van der Waals surface area contributed by atoms with E-state index >= 15 is 0 Å². The van der Waals surface area contributed by atoms with E-state index in [1.54, 1.807) is 24.1 Å². The molecule has 0 saturated heterocycles. The summed E-state index contributed by atoms with van der Waals surface area (Å²) in [5.41, 5.74) is 0.602. The number of likely N-dealkylation sites (N-methyl/N-ethyl adjacent to an activating group) is 1. The second-order valence-corrected chi connectivity index (χ2v) is 4.86. The zero-order valence-electron chi connectivity index (χ0n) is 13.0. The molecule has 5 heteroatoms. The Morgan fingerprint density at radius 3 is 2.52 bits per heavy atom.